The van der Waals surface area contributed by atoms with Crippen molar-refractivity contribution >= 4 is 17.4 Å². The van der Waals surface area contributed by atoms with Gasteiger partial charge in [0.25, 0.3) is 0 Å². The molecule has 2 fully saturated rings. The molecule has 5 rings (SSSR count). The molecular weight excluding hydrogens is 398 g/mol. The van der Waals surface area contributed by atoms with Crippen LogP contribution in [0, 0.1) is 0 Å². The van der Waals surface area contributed by atoms with E-state index in [4.69, 9.17) is 26.3 Å². The fourth-order valence-corrected chi connectivity index (χ4v) is 4.31. The van der Waals surface area contributed by atoms with E-state index in [2.05, 4.69) is 20.9 Å². The molecule has 2 aliphatic rings. The molecule has 154 valence electrons. The van der Waals surface area contributed by atoms with Crippen LogP contribution in [0.1, 0.15) is 6.42 Å². The van der Waals surface area contributed by atoms with E-state index < -0.39 is 0 Å². The standard InChI is InChI=1S/C23H24ClN5O/c24-19-5-3-17(4-6-19)21-14-22(27-23(26-21)18-2-1-8-25-15-18)29-9-7-20(16-29)28-10-12-30-13-11-28/h1-6,8,14-15,20H,7,9-13,16H2. The predicted molar refractivity (Wildman–Crippen MR) is 119 cm³/mol. The van der Waals surface area contributed by atoms with E-state index in [1.807, 2.05) is 42.6 Å². The summed E-state index contributed by atoms with van der Waals surface area (Å²) in [5.74, 6) is 1.66. The predicted octanol–water partition coefficient (Wildman–Crippen LogP) is 3.77. The van der Waals surface area contributed by atoms with E-state index in [9.17, 15) is 0 Å². The van der Waals surface area contributed by atoms with Gasteiger partial charge in [0.2, 0.25) is 0 Å². The number of hydrogen-bond donors (Lipinski definition) is 0. The molecule has 6 nitrogen and oxygen atoms in total. The van der Waals surface area contributed by atoms with E-state index >= 15 is 0 Å². The smallest absolute Gasteiger partial charge is 0.163 e. The third kappa shape index (κ3) is 4.17. The zero-order valence-electron chi connectivity index (χ0n) is 16.7. The Hall–Kier alpha value is -2.54. The lowest BCUT2D eigenvalue weighted by Crippen LogP contribution is -2.44. The third-order valence-corrected chi connectivity index (χ3v) is 6.07. The molecule has 0 saturated carbocycles. The summed E-state index contributed by atoms with van der Waals surface area (Å²) in [7, 11) is 0. The molecule has 0 amide bonds. The normalized spacial score (nSPS) is 19.9. The van der Waals surface area contributed by atoms with Gasteiger partial charge in [0, 0.05) is 66.8 Å². The molecular formula is C23H24ClN5O. The lowest BCUT2D eigenvalue weighted by atomic mass is 10.1. The van der Waals surface area contributed by atoms with E-state index in [0.29, 0.717) is 16.9 Å². The Labute approximate surface area is 181 Å². The van der Waals surface area contributed by atoms with Crippen LogP contribution in [0.2, 0.25) is 5.02 Å². The van der Waals surface area contributed by atoms with Crippen molar-refractivity contribution in [1.82, 2.24) is 19.9 Å². The summed E-state index contributed by atoms with van der Waals surface area (Å²) < 4.78 is 5.52. The summed E-state index contributed by atoms with van der Waals surface area (Å²) >= 11 is 6.09. The third-order valence-electron chi connectivity index (χ3n) is 5.82. The summed E-state index contributed by atoms with van der Waals surface area (Å²) in [6, 6.07) is 14.3. The van der Waals surface area contributed by atoms with Gasteiger partial charge >= 0.3 is 0 Å². The number of rotatable bonds is 4. The zero-order chi connectivity index (χ0) is 20.3. The Morgan fingerprint density at radius 3 is 2.57 bits per heavy atom. The average Bonchev–Trinajstić information content (AvgIpc) is 3.31. The largest absolute Gasteiger partial charge is 0.379 e. The molecule has 2 aromatic heterocycles. The number of hydrogen-bond acceptors (Lipinski definition) is 6. The Bertz CT molecular complexity index is 992. The van der Waals surface area contributed by atoms with Crippen molar-refractivity contribution in [3.8, 4) is 22.6 Å². The van der Waals surface area contributed by atoms with Gasteiger partial charge < -0.3 is 9.64 Å². The number of nitrogens with zero attached hydrogens (tertiary/aromatic N) is 5. The molecule has 1 atom stereocenters. The van der Waals surface area contributed by atoms with Crippen molar-refractivity contribution in [2.24, 2.45) is 0 Å². The minimum absolute atomic E-state index is 0.546. The molecule has 3 aromatic rings. The van der Waals surface area contributed by atoms with Gasteiger partial charge in [-0.3, -0.25) is 9.88 Å². The summed E-state index contributed by atoms with van der Waals surface area (Å²) in [6.45, 7) is 5.65. The molecule has 1 unspecified atom stereocenters. The number of anilines is 1. The lowest BCUT2D eigenvalue weighted by molar-refractivity contribution is 0.0209. The highest BCUT2D eigenvalue weighted by Crippen LogP contribution is 2.29. The fourth-order valence-electron chi connectivity index (χ4n) is 4.18. The van der Waals surface area contributed by atoms with Crippen LogP contribution in [-0.2, 0) is 4.74 Å². The van der Waals surface area contributed by atoms with Crippen molar-refractivity contribution < 1.29 is 4.74 Å². The molecule has 0 bridgehead atoms. The number of pyridine rings is 1. The monoisotopic (exact) mass is 421 g/mol. The number of benzene rings is 1. The average molecular weight is 422 g/mol. The van der Waals surface area contributed by atoms with E-state index in [0.717, 1.165) is 68.5 Å². The van der Waals surface area contributed by atoms with Crippen molar-refractivity contribution in [2.45, 2.75) is 12.5 Å². The zero-order valence-corrected chi connectivity index (χ0v) is 17.5. The van der Waals surface area contributed by atoms with Gasteiger partial charge in [-0.05, 0) is 30.7 Å². The first-order chi connectivity index (χ1) is 14.8. The molecule has 1 aromatic carbocycles. The van der Waals surface area contributed by atoms with E-state index in [1.54, 1.807) is 6.20 Å². The second kappa shape index (κ2) is 8.68. The quantitative estimate of drug-likeness (QED) is 0.639. The summed E-state index contributed by atoms with van der Waals surface area (Å²) in [6.07, 6.45) is 4.72. The van der Waals surface area contributed by atoms with Crippen LogP contribution in [0.3, 0.4) is 0 Å². The minimum Gasteiger partial charge on any atom is -0.379 e. The second-order valence-electron chi connectivity index (χ2n) is 7.72. The first-order valence-corrected chi connectivity index (χ1v) is 10.8. The van der Waals surface area contributed by atoms with Gasteiger partial charge in [-0.15, -0.1) is 0 Å². The van der Waals surface area contributed by atoms with Gasteiger partial charge in [-0.25, -0.2) is 9.97 Å². The minimum atomic E-state index is 0.546. The van der Waals surface area contributed by atoms with E-state index in [1.165, 1.54) is 0 Å². The maximum Gasteiger partial charge on any atom is 0.163 e. The molecule has 0 spiro atoms. The van der Waals surface area contributed by atoms with Gasteiger partial charge in [0.05, 0.1) is 18.9 Å². The highest BCUT2D eigenvalue weighted by molar-refractivity contribution is 6.30. The number of morpholine rings is 1. The molecule has 2 aliphatic heterocycles. The van der Waals surface area contributed by atoms with Crippen LogP contribution in [0.25, 0.3) is 22.6 Å². The first kappa shape index (κ1) is 19.4. The van der Waals surface area contributed by atoms with Crippen molar-refractivity contribution in [1.29, 1.82) is 0 Å². The Morgan fingerprint density at radius 1 is 0.967 bits per heavy atom. The van der Waals surface area contributed by atoms with Gasteiger partial charge in [-0.1, -0.05) is 23.7 Å². The fraction of sp³-hybridized carbons (Fsp3) is 0.348. The maximum atomic E-state index is 6.09. The molecule has 0 radical (unpaired) electrons. The highest BCUT2D eigenvalue weighted by Gasteiger charge is 2.30. The molecule has 30 heavy (non-hydrogen) atoms. The van der Waals surface area contributed by atoms with Crippen molar-refractivity contribution in [3.05, 3.63) is 59.9 Å². The number of ether oxygens (including phenoxy) is 1. The molecule has 2 saturated heterocycles. The van der Waals surface area contributed by atoms with Crippen LogP contribution < -0.4 is 4.90 Å². The van der Waals surface area contributed by atoms with Crippen LogP contribution in [0.15, 0.2) is 54.9 Å². The summed E-state index contributed by atoms with van der Waals surface area (Å²) in [5.41, 5.74) is 2.83. The van der Waals surface area contributed by atoms with E-state index in [-0.39, 0.29) is 0 Å². The number of halogens is 1. The van der Waals surface area contributed by atoms with Crippen molar-refractivity contribution in [3.63, 3.8) is 0 Å². The highest BCUT2D eigenvalue weighted by atomic mass is 35.5. The summed E-state index contributed by atoms with van der Waals surface area (Å²) in [5, 5.41) is 0.716. The van der Waals surface area contributed by atoms with Crippen molar-refractivity contribution in [2.75, 3.05) is 44.3 Å². The molecule has 7 heteroatoms. The topological polar surface area (TPSA) is 54.4 Å². The first-order valence-electron chi connectivity index (χ1n) is 10.4. The molecule has 4 heterocycles. The molecule has 0 aliphatic carbocycles. The van der Waals surface area contributed by atoms with Gasteiger partial charge in [-0.2, -0.15) is 0 Å². The van der Waals surface area contributed by atoms with Gasteiger partial charge in [0.1, 0.15) is 5.82 Å². The van der Waals surface area contributed by atoms with Crippen LogP contribution in [-0.4, -0.2) is 65.3 Å². The maximum absolute atomic E-state index is 6.09. The summed E-state index contributed by atoms with van der Waals surface area (Å²) in [4.78, 5) is 18.9. The van der Waals surface area contributed by atoms with Crippen LogP contribution in [0.5, 0.6) is 0 Å². The lowest BCUT2D eigenvalue weighted by Gasteiger charge is -2.32. The molecule has 0 N–H and O–H groups in total. The Kier molecular flexibility index (Phi) is 5.62. The Balaban J connectivity index is 1.48. The van der Waals surface area contributed by atoms with Crippen LogP contribution >= 0.6 is 11.6 Å². The Morgan fingerprint density at radius 2 is 1.80 bits per heavy atom. The van der Waals surface area contributed by atoms with Crippen LogP contribution in [0.4, 0.5) is 5.82 Å². The number of aromatic nitrogens is 3. The van der Waals surface area contributed by atoms with Gasteiger partial charge in [0.15, 0.2) is 5.82 Å². The second-order valence-corrected chi connectivity index (χ2v) is 8.16. The SMILES string of the molecule is Clc1ccc(-c2cc(N3CCC(N4CCOCC4)C3)nc(-c3cccnc3)n2)cc1.